The van der Waals surface area contributed by atoms with Crippen molar-refractivity contribution in [3.05, 3.63) is 53.8 Å². The summed E-state index contributed by atoms with van der Waals surface area (Å²) in [5.41, 5.74) is 3.11. The Morgan fingerprint density at radius 2 is 1.72 bits per heavy atom. The number of para-hydroxylation sites is 1. The van der Waals surface area contributed by atoms with Crippen LogP contribution < -0.4 is 10.2 Å². The topological polar surface area (TPSA) is 41.0 Å². The fraction of sp³-hybridized carbons (Fsp3) is 0.300. The predicted octanol–water partition coefficient (Wildman–Crippen LogP) is 5.26. The molecule has 4 rings (SSSR count). The molecule has 25 heavy (non-hydrogen) atoms. The van der Waals surface area contributed by atoms with Crippen molar-refractivity contribution in [2.24, 2.45) is 5.92 Å². The molecule has 1 saturated heterocycles. The summed E-state index contributed by atoms with van der Waals surface area (Å²) in [7, 11) is 0. The minimum absolute atomic E-state index is 0.250. The molecular weight excluding hydrogens is 332 g/mol. The molecule has 128 valence electrons. The first-order chi connectivity index (χ1) is 12.2. The van der Waals surface area contributed by atoms with E-state index in [0.29, 0.717) is 0 Å². The zero-order valence-corrected chi connectivity index (χ0v) is 15.0. The maximum Gasteiger partial charge on any atom is 0.224 e. The standard InChI is InChI=1S/C20H21ClN4/c1-14-10-12-25(13-11-14)16-8-6-15(7-9-16)22-19-17-4-2-3-5-18(17)23-20(21)24-19/h2-9,14H,10-13H2,1H3,(H,22,23,24). The molecule has 0 atom stereocenters. The minimum atomic E-state index is 0.250. The maximum absolute atomic E-state index is 6.06. The molecule has 3 aromatic rings. The smallest absolute Gasteiger partial charge is 0.224 e. The average molecular weight is 353 g/mol. The molecule has 1 N–H and O–H groups in total. The number of halogens is 1. The molecule has 5 heteroatoms. The maximum atomic E-state index is 6.06. The van der Waals surface area contributed by atoms with Gasteiger partial charge in [0.15, 0.2) is 0 Å². The van der Waals surface area contributed by atoms with Gasteiger partial charge in [-0.05, 0) is 66.8 Å². The van der Waals surface area contributed by atoms with E-state index in [0.717, 1.165) is 41.4 Å². The van der Waals surface area contributed by atoms with E-state index in [1.165, 1.54) is 18.5 Å². The second kappa shape index (κ2) is 6.89. The largest absolute Gasteiger partial charge is 0.372 e. The molecule has 0 spiro atoms. The molecule has 0 saturated carbocycles. The highest BCUT2D eigenvalue weighted by Gasteiger charge is 2.16. The van der Waals surface area contributed by atoms with Crippen molar-refractivity contribution < 1.29 is 0 Å². The monoisotopic (exact) mass is 352 g/mol. The molecule has 1 fully saturated rings. The van der Waals surface area contributed by atoms with Crippen LogP contribution in [0.3, 0.4) is 0 Å². The van der Waals surface area contributed by atoms with Gasteiger partial charge in [0, 0.05) is 29.9 Å². The number of hydrogen-bond acceptors (Lipinski definition) is 4. The second-order valence-electron chi connectivity index (χ2n) is 6.70. The van der Waals surface area contributed by atoms with Crippen LogP contribution in [0.25, 0.3) is 10.9 Å². The first-order valence-electron chi connectivity index (χ1n) is 8.73. The van der Waals surface area contributed by atoms with E-state index >= 15 is 0 Å². The third-order valence-electron chi connectivity index (χ3n) is 4.85. The first-order valence-corrected chi connectivity index (χ1v) is 9.11. The van der Waals surface area contributed by atoms with Crippen molar-refractivity contribution in [2.45, 2.75) is 19.8 Å². The van der Waals surface area contributed by atoms with Crippen LogP contribution in [0.5, 0.6) is 0 Å². The summed E-state index contributed by atoms with van der Waals surface area (Å²) < 4.78 is 0. The van der Waals surface area contributed by atoms with E-state index < -0.39 is 0 Å². The highest BCUT2D eigenvalue weighted by Crippen LogP contribution is 2.28. The Morgan fingerprint density at radius 1 is 1.00 bits per heavy atom. The minimum Gasteiger partial charge on any atom is -0.372 e. The normalized spacial score (nSPS) is 15.5. The quantitative estimate of drug-likeness (QED) is 0.652. The van der Waals surface area contributed by atoms with Crippen LogP contribution in [-0.4, -0.2) is 23.1 Å². The summed E-state index contributed by atoms with van der Waals surface area (Å²) in [5.74, 6) is 1.57. The molecule has 0 bridgehead atoms. The van der Waals surface area contributed by atoms with Crippen molar-refractivity contribution >= 4 is 39.7 Å². The van der Waals surface area contributed by atoms with Crippen LogP contribution in [0.2, 0.25) is 5.28 Å². The second-order valence-corrected chi connectivity index (χ2v) is 7.04. The number of piperidine rings is 1. The molecule has 2 heterocycles. The van der Waals surface area contributed by atoms with Gasteiger partial charge in [-0.1, -0.05) is 19.1 Å². The van der Waals surface area contributed by atoms with Gasteiger partial charge in [0.1, 0.15) is 5.82 Å². The number of nitrogens with zero attached hydrogens (tertiary/aromatic N) is 3. The zero-order valence-electron chi connectivity index (χ0n) is 14.2. The predicted molar refractivity (Wildman–Crippen MR) is 105 cm³/mol. The van der Waals surface area contributed by atoms with E-state index in [-0.39, 0.29) is 5.28 Å². The van der Waals surface area contributed by atoms with Crippen molar-refractivity contribution in [3.8, 4) is 0 Å². The van der Waals surface area contributed by atoms with Crippen molar-refractivity contribution in [2.75, 3.05) is 23.3 Å². The van der Waals surface area contributed by atoms with Crippen molar-refractivity contribution in [1.82, 2.24) is 9.97 Å². The van der Waals surface area contributed by atoms with Crippen LogP contribution in [0.4, 0.5) is 17.2 Å². The van der Waals surface area contributed by atoms with Crippen LogP contribution >= 0.6 is 11.6 Å². The van der Waals surface area contributed by atoms with Gasteiger partial charge in [-0.3, -0.25) is 0 Å². The number of aromatic nitrogens is 2. The number of hydrogen-bond donors (Lipinski definition) is 1. The fourth-order valence-corrected chi connectivity index (χ4v) is 3.48. The number of benzene rings is 2. The van der Waals surface area contributed by atoms with E-state index in [4.69, 9.17) is 11.6 Å². The lowest BCUT2D eigenvalue weighted by Gasteiger charge is -2.32. The third-order valence-corrected chi connectivity index (χ3v) is 5.02. The van der Waals surface area contributed by atoms with E-state index in [1.807, 2.05) is 24.3 Å². The summed E-state index contributed by atoms with van der Waals surface area (Å²) in [4.78, 5) is 11.1. The Morgan fingerprint density at radius 3 is 2.48 bits per heavy atom. The zero-order chi connectivity index (χ0) is 17.2. The van der Waals surface area contributed by atoms with Crippen LogP contribution in [-0.2, 0) is 0 Å². The molecule has 1 aromatic heterocycles. The van der Waals surface area contributed by atoms with Crippen molar-refractivity contribution in [3.63, 3.8) is 0 Å². The van der Waals surface area contributed by atoms with Crippen LogP contribution in [0.1, 0.15) is 19.8 Å². The number of anilines is 3. The third kappa shape index (κ3) is 3.54. The highest BCUT2D eigenvalue weighted by molar-refractivity contribution is 6.28. The van der Waals surface area contributed by atoms with Gasteiger partial charge in [0.2, 0.25) is 5.28 Å². The Kier molecular flexibility index (Phi) is 4.45. The van der Waals surface area contributed by atoms with Gasteiger partial charge in [-0.2, -0.15) is 4.98 Å². The summed E-state index contributed by atoms with van der Waals surface area (Å²) in [6.07, 6.45) is 2.54. The molecule has 2 aromatic carbocycles. The van der Waals surface area contributed by atoms with E-state index in [1.54, 1.807) is 0 Å². The number of fused-ring (bicyclic) bond motifs is 1. The van der Waals surface area contributed by atoms with Crippen LogP contribution in [0, 0.1) is 5.92 Å². The summed E-state index contributed by atoms with van der Waals surface area (Å²) in [6.45, 7) is 4.61. The van der Waals surface area contributed by atoms with E-state index in [9.17, 15) is 0 Å². The van der Waals surface area contributed by atoms with Crippen LogP contribution in [0.15, 0.2) is 48.5 Å². The average Bonchev–Trinajstić information content (AvgIpc) is 2.63. The number of rotatable bonds is 3. The van der Waals surface area contributed by atoms with Gasteiger partial charge in [-0.15, -0.1) is 0 Å². The Hall–Kier alpha value is -2.33. The lowest BCUT2D eigenvalue weighted by molar-refractivity contribution is 0.438. The Labute approximate surface area is 152 Å². The van der Waals surface area contributed by atoms with Gasteiger partial charge in [-0.25, -0.2) is 4.98 Å². The summed E-state index contributed by atoms with van der Waals surface area (Å²) in [5, 5.41) is 4.58. The number of nitrogens with one attached hydrogen (secondary N) is 1. The summed E-state index contributed by atoms with van der Waals surface area (Å²) in [6, 6.07) is 16.4. The van der Waals surface area contributed by atoms with Gasteiger partial charge >= 0.3 is 0 Å². The molecule has 4 nitrogen and oxygen atoms in total. The molecule has 0 radical (unpaired) electrons. The first kappa shape index (κ1) is 16.2. The van der Waals surface area contributed by atoms with E-state index in [2.05, 4.69) is 51.4 Å². The molecule has 0 unspecified atom stereocenters. The Balaban J connectivity index is 1.56. The fourth-order valence-electron chi connectivity index (χ4n) is 3.30. The van der Waals surface area contributed by atoms with Gasteiger partial charge in [0.05, 0.1) is 5.52 Å². The highest BCUT2D eigenvalue weighted by atomic mass is 35.5. The lowest BCUT2D eigenvalue weighted by atomic mass is 9.99. The Bertz CT molecular complexity index is 871. The van der Waals surface area contributed by atoms with Gasteiger partial charge < -0.3 is 10.2 Å². The molecule has 0 aliphatic carbocycles. The SMILES string of the molecule is CC1CCN(c2ccc(Nc3nc(Cl)nc4ccccc34)cc2)CC1. The molecule has 1 aliphatic rings. The molecular formula is C20H21ClN4. The van der Waals surface area contributed by atoms with Crippen molar-refractivity contribution in [1.29, 1.82) is 0 Å². The lowest BCUT2D eigenvalue weighted by Crippen LogP contribution is -2.32. The molecule has 1 aliphatic heterocycles. The summed E-state index contributed by atoms with van der Waals surface area (Å²) >= 11 is 6.06. The molecule has 0 amide bonds. The van der Waals surface area contributed by atoms with Gasteiger partial charge in [0.25, 0.3) is 0 Å².